The number of Topliss-reactive ketones (excluding diaryl/α,β-unsaturated/α-hetero) is 1. The molecule has 2 aromatic carbocycles. The highest BCUT2D eigenvalue weighted by molar-refractivity contribution is 6.01. The topological polar surface area (TPSA) is 89.9 Å². The van der Waals surface area contributed by atoms with E-state index in [1.54, 1.807) is 43.3 Å². The molecule has 6 nitrogen and oxygen atoms in total. The number of phenolic OH excluding ortho intramolecular Hbond substituents is 1. The lowest BCUT2D eigenvalue weighted by Gasteiger charge is -2.36. The van der Waals surface area contributed by atoms with Gasteiger partial charge in [-0.05, 0) is 92.1 Å². The SMILES string of the molecule is C/C=C(C)/C=C/C=C(C)/C=C/C1=C(C)C(=O)C(OC(=O)CCC(=O)Oc2ccc(/C=C/c3cc(C)cc(O)c3)cc2)CC1(C)C. The molecular formula is C39H44O6. The Morgan fingerprint density at radius 2 is 1.58 bits per heavy atom. The minimum atomic E-state index is -0.895. The van der Waals surface area contributed by atoms with Crippen LogP contribution >= 0.6 is 0 Å². The maximum Gasteiger partial charge on any atom is 0.311 e. The first-order valence-corrected chi connectivity index (χ1v) is 15.2. The first kappa shape index (κ1) is 34.8. The van der Waals surface area contributed by atoms with Crippen molar-refractivity contribution in [2.45, 2.75) is 73.8 Å². The van der Waals surface area contributed by atoms with E-state index in [4.69, 9.17) is 9.47 Å². The van der Waals surface area contributed by atoms with Crippen LogP contribution in [0.25, 0.3) is 12.2 Å². The highest BCUT2D eigenvalue weighted by Gasteiger charge is 2.39. The molecule has 1 atom stereocenters. The zero-order valence-electron chi connectivity index (χ0n) is 27.3. The van der Waals surface area contributed by atoms with Crippen LogP contribution in [0.5, 0.6) is 11.5 Å². The molecule has 1 N–H and O–H groups in total. The van der Waals surface area contributed by atoms with Gasteiger partial charge in [0.05, 0.1) is 12.8 Å². The molecule has 1 aliphatic carbocycles. The third-order valence-electron chi connectivity index (χ3n) is 7.65. The fourth-order valence-corrected chi connectivity index (χ4v) is 5.04. The van der Waals surface area contributed by atoms with Crippen LogP contribution in [0.3, 0.4) is 0 Å². The molecule has 236 valence electrons. The summed E-state index contributed by atoms with van der Waals surface area (Å²) in [5.41, 5.74) is 6.05. The predicted molar refractivity (Wildman–Crippen MR) is 181 cm³/mol. The van der Waals surface area contributed by atoms with Crippen molar-refractivity contribution in [2.24, 2.45) is 5.41 Å². The molecule has 45 heavy (non-hydrogen) atoms. The maximum absolute atomic E-state index is 13.1. The summed E-state index contributed by atoms with van der Waals surface area (Å²) in [5, 5.41) is 9.76. The Morgan fingerprint density at radius 1 is 0.911 bits per heavy atom. The highest BCUT2D eigenvalue weighted by atomic mass is 16.5. The standard InChI is InChI=1S/C39H44O6/c1-8-26(2)10-9-11-27(3)12-19-34-29(5)38(43)35(25-39(34,6)7)45-37(42)21-20-36(41)44-33-17-15-30(16-18-33)13-14-31-22-28(4)23-32(40)24-31/h8-19,22-24,35,40H,20-21,25H2,1-7H3/b10-9+,14-13+,19-12+,26-8+,27-11+. The smallest absolute Gasteiger partial charge is 0.311 e. The monoisotopic (exact) mass is 608 g/mol. The van der Waals surface area contributed by atoms with E-state index in [9.17, 15) is 19.5 Å². The van der Waals surface area contributed by atoms with Crippen molar-refractivity contribution in [2.75, 3.05) is 0 Å². The van der Waals surface area contributed by atoms with Crippen molar-refractivity contribution in [1.82, 2.24) is 0 Å². The first-order valence-electron chi connectivity index (χ1n) is 15.2. The van der Waals surface area contributed by atoms with Crippen LogP contribution in [0.15, 0.2) is 101 Å². The number of hydrogen-bond acceptors (Lipinski definition) is 6. The minimum absolute atomic E-state index is 0.169. The van der Waals surface area contributed by atoms with Gasteiger partial charge in [-0.15, -0.1) is 0 Å². The largest absolute Gasteiger partial charge is 0.508 e. The third-order valence-corrected chi connectivity index (χ3v) is 7.65. The van der Waals surface area contributed by atoms with Gasteiger partial charge in [-0.1, -0.05) is 91.8 Å². The van der Waals surface area contributed by atoms with Crippen molar-refractivity contribution in [3.8, 4) is 11.5 Å². The number of esters is 2. The van der Waals surface area contributed by atoms with Gasteiger partial charge in [0.2, 0.25) is 0 Å². The molecular weight excluding hydrogens is 564 g/mol. The molecule has 1 aliphatic rings. The van der Waals surface area contributed by atoms with Gasteiger partial charge >= 0.3 is 11.9 Å². The summed E-state index contributed by atoms with van der Waals surface area (Å²) in [7, 11) is 0. The summed E-state index contributed by atoms with van der Waals surface area (Å²) in [5.74, 6) is -0.829. The molecule has 0 amide bonds. The van der Waals surface area contributed by atoms with Gasteiger partial charge in [0.25, 0.3) is 0 Å². The summed E-state index contributed by atoms with van der Waals surface area (Å²) in [6.45, 7) is 13.8. The number of carbonyl (C=O) groups is 3. The zero-order chi connectivity index (χ0) is 33.1. The molecule has 0 radical (unpaired) electrons. The normalized spacial score (nSPS) is 17.5. The number of allylic oxidation sites excluding steroid dienone is 9. The van der Waals surface area contributed by atoms with Gasteiger partial charge in [0.15, 0.2) is 11.9 Å². The molecule has 0 aliphatic heterocycles. The summed E-state index contributed by atoms with van der Waals surface area (Å²) in [6, 6.07) is 12.3. The van der Waals surface area contributed by atoms with Crippen LogP contribution in [0.2, 0.25) is 0 Å². The summed E-state index contributed by atoms with van der Waals surface area (Å²) in [6.07, 6.45) is 14.9. The van der Waals surface area contributed by atoms with E-state index in [0.717, 1.165) is 27.8 Å². The second-order valence-electron chi connectivity index (χ2n) is 12.1. The molecule has 2 aromatic rings. The third kappa shape index (κ3) is 10.8. The fraction of sp³-hybridized carbons (Fsp3) is 0.308. The van der Waals surface area contributed by atoms with Crippen LogP contribution in [0.1, 0.15) is 77.5 Å². The van der Waals surface area contributed by atoms with Gasteiger partial charge in [0.1, 0.15) is 11.5 Å². The molecule has 1 unspecified atom stereocenters. The minimum Gasteiger partial charge on any atom is -0.508 e. The Bertz CT molecular complexity index is 1570. The number of rotatable bonds is 11. The maximum atomic E-state index is 13.1. The molecule has 0 aromatic heterocycles. The number of aromatic hydroxyl groups is 1. The van der Waals surface area contributed by atoms with Gasteiger partial charge < -0.3 is 14.6 Å². The molecule has 0 saturated heterocycles. The quantitative estimate of drug-likeness (QED) is 0.119. The van der Waals surface area contributed by atoms with Gasteiger partial charge in [0, 0.05) is 6.42 Å². The highest BCUT2D eigenvalue weighted by Crippen LogP contribution is 2.41. The number of phenols is 1. The Morgan fingerprint density at radius 3 is 2.24 bits per heavy atom. The molecule has 0 bridgehead atoms. The average molecular weight is 609 g/mol. The first-order chi connectivity index (χ1) is 21.3. The Labute approximate surface area is 267 Å². The molecule has 0 heterocycles. The zero-order valence-corrected chi connectivity index (χ0v) is 27.3. The number of aryl methyl sites for hydroxylation is 1. The number of hydrogen-bond donors (Lipinski definition) is 1. The Hall–Kier alpha value is -4.71. The van der Waals surface area contributed by atoms with Crippen molar-refractivity contribution in [1.29, 1.82) is 0 Å². The number of benzene rings is 2. The van der Waals surface area contributed by atoms with E-state index in [1.165, 1.54) is 5.57 Å². The summed E-state index contributed by atoms with van der Waals surface area (Å²) < 4.78 is 10.9. The lowest BCUT2D eigenvalue weighted by molar-refractivity contribution is -0.157. The van der Waals surface area contributed by atoms with Gasteiger partial charge in [-0.2, -0.15) is 0 Å². The van der Waals surface area contributed by atoms with E-state index in [-0.39, 0.29) is 29.8 Å². The number of ether oxygens (including phenoxy) is 2. The van der Waals surface area contributed by atoms with E-state index in [2.05, 4.69) is 0 Å². The molecule has 0 spiro atoms. The number of carbonyl (C=O) groups excluding carboxylic acids is 3. The van der Waals surface area contributed by atoms with Crippen LogP contribution < -0.4 is 4.74 Å². The molecule has 0 fully saturated rings. The summed E-state index contributed by atoms with van der Waals surface area (Å²) in [4.78, 5) is 38.2. The average Bonchev–Trinajstić information content (AvgIpc) is 2.97. The fourth-order valence-electron chi connectivity index (χ4n) is 5.04. The number of ketones is 1. The molecule has 6 heteroatoms. The predicted octanol–water partition coefficient (Wildman–Crippen LogP) is 8.81. The lowest BCUT2D eigenvalue weighted by atomic mass is 9.71. The Balaban J connectivity index is 1.52. The van der Waals surface area contributed by atoms with Crippen LogP contribution in [-0.2, 0) is 19.1 Å². The summed E-state index contributed by atoms with van der Waals surface area (Å²) >= 11 is 0. The van der Waals surface area contributed by atoms with Crippen molar-refractivity contribution >= 4 is 29.9 Å². The van der Waals surface area contributed by atoms with Crippen LogP contribution in [-0.4, -0.2) is 28.9 Å². The lowest BCUT2D eigenvalue weighted by Crippen LogP contribution is -2.39. The Kier molecular flexibility index (Phi) is 12.2. The molecule has 3 rings (SSSR count). The second-order valence-corrected chi connectivity index (χ2v) is 12.1. The second kappa shape index (κ2) is 15.8. The van der Waals surface area contributed by atoms with Gasteiger partial charge in [-0.3, -0.25) is 14.4 Å². The van der Waals surface area contributed by atoms with E-state index < -0.39 is 18.0 Å². The molecule has 0 saturated carbocycles. The van der Waals surface area contributed by atoms with Crippen molar-refractivity contribution in [3.05, 3.63) is 118 Å². The van der Waals surface area contributed by atoms with E-state index in [0.29, 0.717) is 17.7 Å². The van der Waals surface area contributed by atoms with Gasteiger partial charge in [-0.25, -0.2) is 0 Å². The van der Waals surface area contributed by atoms with Crippen molar-refractivity contribution in [3.63, 3.8) is 0 Å². The van der Waals surface area contributed by atoms with E-state index in [1.807, 2.05) is 96.2 Å². The van der Waals surface area contributed by atoms with Crippen LogP contribution in [0.4, 0.5) is 0 Å². The van der Waals surface area contributed by atoms with Crippen molar-refractivity contribution < 1.29 is 29.0 Å². The van der Waals surface area contributed by atoms with E-state index >= 15 is 0 Å². The van der Waals surface area contributed by atoms with Crippen LogP contribution in [0, 0.1) is 12.3 Å².